The summed E-state index contributed by atoms with van der Waals surface area (Å²) in [5.74, 6) is 0. The molecule has 0 spiro atoms. The summed E-state index contributed by atoms with van der Waals surface area (Å²) >= 11 is 3.62. The Hall–Kier alpha value is -0.380. The monoisotopic (exact) mass is 268 g/mol. The van der Waals surface area contributed by atoms with Crippen LogP contribution < -0.4 is 5.32 Å². The molecule has 0 amide bonds. The molecule has 0 saturated carbocycles. The molecule has 2 nitrogen and oxygen atoms in total. The molecule has 3 heteroatoms. The molecule has 1 N–H and O–H groups in total. The third-order valence-corrected chi connectivity index (χ3v) is 3.81. The van der Waals surface area contributed by atoms with Crippen LogP contribution >= 0.6 is 15.9 Å². The summed E-state index contributed by atoms with van der Waals surface area (Å²) in [6.45, 7) is 1.11. The second-order valence-corrected chi connectivity index (χ2v) is 5.13. The molecular formula is C12H17BrN2. The van der Waals surface area contributed by atoms with Crippen LogP contribution in [0.5, 0.6) is 0 Å². The summed E-state index contributed by atoms with van der Waals surface area (Å²) < 4.78 is 1.20. The number of halogens is 1. The van der Waals surface area contributed by atoms with E-state index in [2.05, 4.69) is 64.5 Å². The highest BCUT2D eigenvalue weighted by atomic mass is 79.9. The van der Waals surface area contributed by atoms with Gasteiger partial charge < -0.3 is 10.2 Å². The first-order chi connectivity index (χ1) is 7.20. The molecule has 2 rings (SSSR count). The predicted octanol–water partition coefficient (Wildman–Crippen LogP) is 2.41. The molecule has 1 saturated heterocycles. The molecule has 0 aromatic heterocycles. The fourth-order valence-corrected chi connectivity index (χ4v) is 2.82. The Morgan fingerprint density at radius 3 is 2.73 bits per heavy atom. The quantitative estimate of drug-likeness (QED) is 0.887. The smallest absolute Gasteiger partial charge is 0.0489 e. The van der Waals surface area contributed by atoms with Crippen LogP contribution in [0, 0.1) is 0 Å². The summed E-state index contributed by atoms with van der Waals surface area (Å²) in [6, 6.07) is 9.53. The van der Waals surface area contributed by atoms with Gasteiger partial charge in [0.05, 0.1) is 0 Å². The lowest BCUT2D eigenvalue weighted by Gasteiger charge is -2.26. The van der Waals surface area contributed by atoms with Crippen LogP contribution in [0.3, 0.4) is 0 Å². The fourth-order valence-electron chi connectivity index (χ4n) is 2.29. The zero-order valence-corrected chi connectivity index (χ0v) is 10.8. The molecule has 15 heavy (non-hydrogen) atoms. The zero-order valence-electron chi connectivity index (χ0n) is 9.20. The van der Waals surface area contributed by atoms with Crippen LogP contribution in [0.1, 0.15) is 18.0 Å². The average Bonchev–Trinajstić information content (AvgIpc) is 2.67. The van der Waals surface area contributed by atoms with Gasteiger partial charge in [-0.25, -0.2) is 0 Å². The van der Waals surface area contributed by atoms with Crippen molar-refractivity contribution < 1.29 is 0 Å². The number of likely N-dealkylation sites (N-methyl/N-ethyl adjacent to an activating group) is 1. The second-order valence-electron chi connectivity index (χ2n) is 4.27. The van der Waals surface area contributed by atoms with Crippen LogP contribution in [0.15, 0.2) is 28.7 Å². The Bertz CT molecular complexity index is 338. The topological polar surface area (TPSA) is 15.3 Å². The summed E-state index contributed by atoms with van der Waals surface area (Å²) in [7, 11) is 4.31. The number of nitrogens with one attached hydrogen (secondary N) is 1. The van der Waals surface area contributed by atoms with E-state index in [9.17, 15) is 0 Å². The Labute approximate surface area is 99.8 Å². The summed E-state index contributed by atoms with van der Waals surface area (Å²) in [4.78, 5) is 2.31. The highest BCUT2D eigenvalue weighted by molar-refractivity contribution is 9.10. The van der Waals surface area contributed by atoms with Crippen molar-refractivity contribution in [2.75, 3.05) is 20.6 Å². The van der Waals surface area contributed by atoms with E-state index in [0.717, 1.165) is 6.54 Å². The maximum atomic E-state index is 3.62. The maximum Gasteiger partial charge on any atom is 0.0489 e. The molecule has 1 aliphatic rings. The van der Waals surface area contributed by atoms with E-state index in [4.69, 9.17) is 0 Å². The van der Waals surface area contributed by atoms with E-state index in [1.165, 1.54) is 16.5 Å². The largest absolute Gasteiger partial charge is 0.309 e. The molecule has 82 valence electrons. The van der Waals surface area contributed by atoms with Crippen molar-refractivity contribution in [3.05, 3.63) is 34.3 Å². The van der Waals surface area contributed by atoms with Crippen LogP contribution in [0.2, 0.25) is 0 Å². The maximum absolute atomic E-state index is 3.62. The third kappa shape index (κ3) is 2.25. The van der Waals surface area contributed by atoms with Crippen molar-refractivity contribution >= 4 is 15.9 Å². The van der Waals surface area contributed by atoms with E-state index in [0.29, 0.717) is 12.1 Å². The van der Waals surface area contributed by atoms with Gasteiger partial charge in [0.1, 0.15) is 0 Å². The van der Waals surface area contributed by atoms with Gasteiger partial charge in [-0.05, 0) is 38.7 Å². The first-order valence-electron chi connectivity index (χ1n) is 5.34. The Kier molecular flexibility index (Phi) is 3.44. The van der Waals surface area contributed by atoms with Gasteiger partial charge in [-0.1, -0.05) is 34.1 Å². The second kappa shape index (κ2) is 4.64. The number of nitrogens with zero attached hydrogens (tertiary/aromatic N) is 1. The van der Waals surface area contributed by atoms with Crippen LogP contribution in [0.4, 0.5) is 0 Å². The first kappa shape index (κ1) is 11.1. The number of rotatable bonds is 2. The summed E-state index contributed by atoms with van der Waals surface area (Å²) in [5, 5.41) is 3.57. The SMILES string of the molecule is CN(C)C1CCNC1c1ccccc1Br. The number of hydrogen-bond acceptors (Lipinski definition) is 2. The minimum atomic E-state index is 0.454. The molecule has 1 heterocycles. The Morgan fingerprint density at radius 1 is 1.33 bits per heavy atom. The highest BCUT2D eigenvalue weighted by Gasteiger charge is 2.30. The molecule has 1 fully saturated rings. The van der Waals surface area contributed by atoms with E-state index in [1.54, 1.807) is 0 Å². The van der Waals surface area contributed by atoms with Gasteiger partial charge in [0.25, 0.3) is 0 Å². The van der Waals surface area contributed by atoms with Gasteiger partial charge >= 0.3 is 0 Å². The predicted molar refractivity (Wildman–Crippen MR) is 67.0 cm³/mol. The van der Waals surface area contributed by atoms with Gasteiger partial charge in [-0.15, -0.1) is 0 Å². The number of hydrogen-bond donors (Lipinski definition) is 1. The van der Waals surface area contributed by atoms with Gasteiger partial charge in [-0.2, -0.15) is 0 Å². The molecule has 1 aromatic rings. The van der Waals surface area contributed by atoms with Crippen molar-refractivity contribution in [3.63, 3.8) is 0 Å². The molecule has 0 bridgehead atoms. The molecule has 2 atom stereocenters. The van der Waals surface area contributed by atoms with Gasteiger partial charge in [-0.3, -0.25) is 0 Å². The van der Waals surface area contributed by atoms with Gasteiger partial charge in [0.2, 0.25) is 0 Å². The lowest BCUT2D eigenvalue weighted by Crippen LogP contribution is -2.33. The minimum Gasteiger partial charge on any atom is -0.309 e. The van der Waals surface area contributed by atoms with E-state index in [1.807, 2.05) is 0 Å². The Morgan fingerprint density at radius 2 is 2.07 bits per heavy atom. The third-order valence-electron chi connectivity index (χ3n) is 3.09. The normalized spacial score (nSPS) is 26.1. The van der Waals surface area contributed by atoms with Crippen LogP contribution in [0.25, 0.3) is 0 Å². The minimum absolute atomic E-state index is 0.454. The lowest BCUT2D eigenvalue weighted by atomic mass is 10.0. The molecule has 0 aliphatic carbocycles. The highest BCUT2D eigenvalue weighted by Crippen LogP contribution is 2.31. The molecule has 1 aliphatic heterocycles. The fraction of sp³-hybridized carbons (Fsp3) is 0.500. The molecule has 1 aromatic carbocycles. The molecule has 0 radical (unpaired) electrons. The van der Waals surface area contributed by atoms with Crippen molar-refractivity contribution in [1.29, 1.82) is 0 Å². The lowest BCUT2D eigenvalue weighted by molar-refractivity contribution is 0.270. The summed E-state index contributed by atoms with van der Waals surface area (Å²) in [5.41, 5.74) is 1.37. The van der Waals surface area contributed by atoms with Crippen LogP contribution in [-0.4, -0.2) is 31.6 Å². The van der Waals surface area contributed by atoms with Crippen molar-refractivity contribution in [1.82, 2.24) is 10.2 Å². The van der Waals surface area contributed by atoms with Crippen molar-refractivity contribution in [2.45, 2.75) is 18.5 Å². The first-order valence-corrected chi connectivity index (χ1v) is 6.13. The zero-order chi connectivity index (χ0) is 10.8. The van der Waals surface area contributed by atoms with Crippen LogP contribution in [-0.2, 0) is 0 Å². The average molecular weight is 269 g/mol. The number of benzene rings is 1. The molecular weight excluding hydrogens is 252 g/mol. The van der Waals surface area contributed by atoms with Gasteiger partial charge in [0, 0.05) is 16.6 Å². The van der Waals surface area contributed by atoms with E-state index in [-0.39, 0.29) is 0 Å². The standard InChI is InChI=1S/C12H17BrN2/c1-15(2)11-7-8-14-12(11)9-5-3-4-6-10(9)13/h3-6,11-12,14H,7-8H2,1-2H3. The Balaban J connectivity index is 2.27. The molecule has 2 unspecified atom stereocenters. The van der Waals surface area contributed by atoms with E-state index < -0.39 is 0 Å². The van der Waals surface area contributed by atoms with E-state index >= 15 is 0 Å². The van der Waals surface area contributed by atoms with Crippen molar-refractivity contribution in [2.24, 2.45) is 0 Å². The van der Waals surface area contributed by atoms with Crippen molar-refractivity contribution in [3.8, 4) is 0 Å². The summed E-state index contributed by atoms with van der Waals surface area (Å²) in [6.07, 6.45) is 1.22. The van der Waals surface area contributed by atoms with Gasteiger partial charge in [0.15, 0.2) is 0 Å².